The Bertz CT molecular complexity index is 497. The average molecular weight is 348 g/mol. The smallest absolute Gasteiger partial charge is 0.317 e. The van der Waals surface area contributed by atoms with E-state index in [0.717, 1.165) is 58.8 Å². The van der Waals surface area contributed by atoms with Crippen molar-refractivity contribution in [3.63, 3.8) is 0 Å². The van der Waals surface area contributed by atoms with Gasteiger partial charge in [0, 0.05) is 58.4 Å². The van der Waals surface area contributed by atoms with Gasteiger partial charge in [-0.3, -0.25) is 14.6 Å². The molecule has 6 nitrogen and oxygen atoms in total. The number of hydrogen-bond acceptors (Lipinski definition) is 5. The summed E-state index contributed by atoms with van der Waals surface area (Å²) in [4.78, 5) is 15.7. The van der Waals surface area contributed by atoms with Gasteiger partial charge in [-0.15, -0.1) is 0 Å². The van der Waals surface area contributed by atoms with Crippen molar-refractivity contribution in [3.8, 4) is 0 Å². The summed E-state index contributed by atoms with van der Waals surface area (Å²) in [6, 6.07) is 11.0. The van der Waals surface area contributed by atoms with Gasteiger partial charge in [-0.2, -0.15) is 0 Å². The van der Waals surface area contributed by atoms with Gasteiger partial charge in [0.2, 0.25) is 0 Å². The highest BCUT2D eigenvalue weighted by atomic mass is 16.4. The van der Waals surface area contributed by atoms with E-state index in [9.17, 15) is 4.79 Å². The molecular weight excluding hydrogens is 316 g/mol. The summed E-state index contributed by atoms with van der Waals surface area (Å²) in [7, 11) is 0. The van der Waals surface area contributed by atoms with Crippen molar-refractivity contribution >= 4 is 5.97 Å². The normalized spacial score (nSPS) is 20.4. The highest BCUT2D eigenvalue weighted by Gasteiger charge is 2.20. The Kier molecular flexibility index (Phi) is 8.90. The van der Waals surface area contributed by atoms with Gasteiger partial charge in [-0.1, -0.05) is 37.3 Å². The molecule has 1 saturated heterocycles. The summed E-state index contributed by atoms with van der Waals surface area (Å²) in [5.74, 6) is -0.754. The molecule has 0 aromatic heterocycles. The van der Waals surface area contributed by atoms with Crippen LogP contribution in [0.4, 0.5) is 0 Å². The van der Waals surface area contributed by atoms with Crippen molar-refractivity contribution in [2.45, 2.75) is 19.4 Å². The zero-order valence-electron chi connectivity index (χ0n) is 15.3. The molecule has 0 amide bonds. The summed E-state index contributed by atoms with van der Waals surface area (Å²) in [6.07, 6.45) is 1.05. The van der Waals surface area contributed by atoms with E-state index in [1.807, 2.05) is 4.90 Å². The van der Waals surface area contributed by atoms with Crippen molar-refractivity contribution in [2.75, 3.05) is 58.9 Å². The fourth-order valence-corrected chi connectivity index (χ4v) is 3.42. The van der Waals surface area contributed by atoms with Crippen LogP contribution in [-0.2, 0) is 4.79 Å². The van der Waals surface area contributed by atoms with E-state index in [0.29, 0.717) is 6.04 Å². The molecule has 1 fully saturated rings. The highest BCUT2D eigenvalue weighted by Crippen LogP contribution is 2.23. The lowest BCUT2D eigenvalue weighted by Gasteiger charge is -2.34. The van der Waals surface area contributed by atoms with Gasteiger partial charge in [0.25, 0.3) is 0 Å². The molecule has 0 spiro atoms. The minimum atomic E-state index is -0.754. The molecule has 1 aromatic rings. The van der Waals surface area contributed by atoms with Crippen LogP contribution < -0.4 is 10.6 Å². The Hall–Kier alpha value is -1.47. The zero-order valence-corrected chi connectivity index (χ0v) is 15.3. The first kappa shape index (κ1) is 19.8. The predicted molar refractivity (Wildman–Crippen MR) is 101 cm³/mol. The van der Waals surface area contributed by atoms with Crippen LogP contribution in [0.5, 0.6) is 0 Å². The molecule has 0 bridgehead atoms. The summed E-state index contributed by atoms with van der Waals surface area (Å²) in [5, 5.41) is 16.0. The standard InChI is InChI=1S/C19H32N4O2/c1-2-18(17-6-4-3-5-7-17)23-13-11-21-9-8-20-10-12-22(14-15-23)16-19(24)25/h3-7,18,20-21H,2,8-16H2,1H3,(H,24,25). The van der Waals surface area contributed by atoms with E-state index in [4.69, 9.17) is 5.11 Å². The summed E-state index contributed by atoms with van der Waals surface area (Å²) >= 11 is 0. The molecule has 1 heterocycles. The third-order valence-corrected chi connectivity index (χ3v) is 4.73. The minimum absolute atomic E-state index is 0.107. The van der Waals surface area contributed by atoms with Crippen molar-refractivity contribution in [2.24, 2.45) is 0 Å². The SMILES string of the molecule is CCC(c1ccccc1)N1CCNCCNCCN(CC(=O)O)CC1. The van der Waals surface area contributed by atoms with Crippen LogP contribution in [0, 0.1) is 0 Å². The maximum absolute atomic E-state index is 11.1. The number of nitrogens with zero attached hydrogens (tertiary/aromatic N) is 2. The van der Waals surface area contributed by atoms with Crippen LogP contribution in [0.1, 0.15) is 24.9 Å². The number of rotatable bonds is 5. The zero-order chi connectivity index (χ0) is 17.9. The minimum Gasteiger partial charge on any atom is -0.480 e. The maximum Gasteiger partial charge on any atom is 0.317 e. The lowest BCUT2D eigenvalue weighted by atomic mass is 10.0. The largest absolute Gasteiger partial charge is 0.480 e. The van der Waals surface area contributed by atoms with Crippen LogP contribution >= 0.6 is 0 Å². The monoisotopic (exact) mass is 348 g/mol. The Morgan fingerprint density at radius 1 is 1.04 bits per heavy atom. The first-order valence-corrected chi connectivity index (χ1v) is 9.35. The van der Waals surface area contributed by atoms with Crippen molar-refractivity contribution < 1.29 is 9.90 Å². The van der Waals surface area contributed by atoms with Gasteiger partial charge in [-0.05, 0) is 12.0 Å². The van der Waals surface area contributed by atoms with Gasteiger partial charge in [0.15, 0.2) is 0 Å². The molecule has 3 N–H and O–H groups in total. The molecule has 1 aliphatic heterocycles. The maximum atomic E-state index is 11.1. The number of carboxylic acids is 1. The Balaban J connectivity index is 2.07. The van der Waals surface area contributed by atoms with Gasteiger partial charge in [0.05, 0.1) is 6.54 Å². The molecule has 1 atom stereocenters. The quantitative estimate of drug-likeness (QED) is 0.738. The Morgan fingerprint density at radius 3 is 2.36 bits per heavy atom. The predicted octanol–water partition coefficient (Wildman–Crippen LogP) is 1.02. The fourth-order valence-electron chi connectivity index (χ4n) is 3.42. The summed E-state index contributed by atoms with van der Waals surface area (Å²) < 4.78 is 0. The molecule has 0 radical (unpaired) electrons. The lowest BCUT2D eigenvalue weighted by molar-refractivity contribution is -0.138. The Morgan fingerprint density at radius 2 is 1.72 bits per heavy atom. The lowest BCUT2D eigenvalue weighted by Crippen LogP contribution is -2.45. The van der Waals surface area contributed by atoms with Crippen LogP contribution in [0.3, 0.4) is 0 Å². The van der Waals surface area contributed by atoms with E-state index in [1.165, 1.54) is 5.56 Å². The molecule has 0 aliphatic carbocycles. The highest BCUT2D eigenvalue weighted by molar-refractivity contribution is 5.69. The van der Waals surface area contributed by atoms with E-state index < -0.39 is 5.97 Å². The number of carbonyl (C=O) groups is 1. The molecule has 1 unspecified atom stereocenters. The Labute approximate surface area is 151 Å². The van der Waals surface area contributed by atoms with Gasteiger partial charge in [0.1, 0.15) is 0 Å². The second-order valence-corrected chi connectivity index (χ2v) is 6.54. The fraction of sp³-hybridized carbons (Fsp3) is 0.632. The van der Waals surface area contributed by atoms with Crippen LogP contribution in [-0.4, -0.2) is 79.8 Å². The number of hydrogen-bond donors (Lipinski definition) is 3. The second-order valence-electron chi connectivity index (χ2n) is 6.54. The molecule has 25 heavy (non-hydrogen) atoms. The van der Waals surface area contributed by atoms with E-state index in [1.54, 1.807) is 0 Å². The van der Waals surface area contributed by atoms with Gasteiger partial charge < -0.3 is 15.7 Å². The molecule has 6 heteroatoms. The molecule has 2 rings (SSSR count). The third kappa shape index (κ3) is 7.12. The van der Waals surface area contributed by atoms with Gasteiger partial charge in [-0.25, -0.2) is 0 Å². The number of nitrogens with one attached hydrogen (secondary N) is 2. The molecule has 0 saturated carbocycles. The molecular formula is C19H32N4O2. The second kappa shape index (κ2) is 11.2. The average Bonchev–Trinajstić information content (AvgIpc) is 2.60. The number of benzene rings is 1. The van der Waals surface area contributed by atoms with Crippen LogP contribution in [0.2, 0.25) is 0 Å². The molecule has 1 aliphatic rings. The third-order valence-electron chi connectivity index (χ3n) is 4.73. The first-order chi connectivity index (χ1) is 12.2. The van der Waals surface area contributed by atoms with E-state index in [2.05, 4.69) is 52.8 Å². The van der Waals surface area contributed by atoms with E-state index in [-0.39, 0.29) is 6.54 Å². The molecule has 1 aromatic carbocycles. The van der Waals surface area contributed by atoms with Crippen LogP contribution in [0.25, 0.3) is 0 Å². The summed E-state index contributed by atoms with van der Waals surface area (Å²) in [5.41, 5.74) is 1.34. The summed E-state index contributed by atoms with van der Waals surface area (Å²) in [6.45, 7) is 9.34. The van der Waals surface area contributed by atoms with Crippen molar-refractivity contribution in [1.82, 2.24) is 20.4 Å². The molecule has 140 valence electrons. The van der Waals surface area contributed by atoms with E-state index >= 15 is 0 Å². The first-order valence-electron chi connectivity index (χ1n) is 9.35. The topological polar surface area (TPSA) is 67.8 Å². The number of aliphatic carboxylic acids is 1. The van der Waals surface area contributed by atoms with Gasteiger partial charge >= 0.3 is 5.97 Å². The van der Waals surface area contributed by atoms with Crippen molar-refractivity contribution in [1.29, 1.82) is 0 Å². The number of carboxylic acid groups (broad SMARTS) is 1. The van der Waals surface area contributed by atoms with Crippen molar-refractivity contribution in [3.05, 3.63) is 35.9 Å². The van der Waals surface area contributed by atoms with Crippen LogP contribution in [0.15, 0.2) is 30.3 Å².